The van der Waals surface area contributed by atoms with Gasteiger partial charge >= 0.3 is 11.8 Å². The molecule has 3 aromatic carbocycles. The first-order chi connectivity index (χ1) is 17.9. The zero-order valence-corrected chi connectivity index (χ0v) is 22.0. The van der Waals surface area contributed by atoms with Crippen molar-refractivity contribution in [1.29, 1.82) is 0 Å². The lowest BCUT2D eigenvalue weighted by Crippen LogP contribution is -2.50. The molecule has 3 aromatic rings. The number of hydrogen-bond acceptors (Lipinski definition) is 5. The molecule has 2 N–H and O–H groups in total. The molecule has 1 aliphatic heterocycles. The lowest BCUT2D eigenvalue weighted by molar-refractivity contribution is -0.136. The maximum absolute atomic E-state index is 13.1. The summed E-state index contributed by atoms with van der Waals surface area (Å²) >= 11 is 0. The van der Waals surface area contributed by atoms with Crippen molar-refractivity contribution in [1.82, 2.24) is 14.5 Å². The van der Waals surface area contributed by atoms with Crippen LogP contribution in [0.1, 0.15) is 25.3 Å². The van der Waals surface area contributed by atoms with Gasteiger partial charge in [0.25, 0.3) is 0 Å². The molecule has 9 heteroatoms. The van der Waals surface area contributed by atoms with Gasteiger partial charge in [0, 0.05) is 45.0 Å². The number of carbonyl (C=O) groups excluding carboxylic acids is 2. The summed E-state index contributed by atoms with van der Waals surface area (Å²) in [5.74, 6) is -1.39. The van der Waals surface area contributed by atoms with Crippen LogP contribution in [0.4, 0.5) is 5.69 Å². The monoisotopic (exact) mass is 522 g/mol. The highest BCUT2D eigenvalue weighted by atomic mass is 32.2. The van der Waals surface area contributed by atoms with Crippen molar-refractivity contribution in [3.05, 3.63) is 72.3 Å². The normalized spacial score (nSPS) is 14.9. The molecule has 4 rings (SSSR count). The van der Waals surface area contributed by atoms with E-state index in [9.17, 15) is 18.0 Å². The summed E-state index contributed by atoms with van der Waals surface area (Å²) < 4.78 is 27.8. The van der Waals surface area contributed by atoms with Crippen LogP contribution >= 0.6 is 0 Å². The molecular weight excluding hydrogens is 488 g/mol. The van der Waals surface area contributed by atoms with Gasteiger partial charge in [-0.05, 0) is 53.4 Å². The van der Waals surface area contributed by atoms with E-state index < -0.39 is 21.8 Å². The molecule has 2 amide bonds. The maximum atomic E-state index is 13.1. The van der Waals surface area contributed by atoms with Gasteiger partial charge < -0.3 is 10.6 Å². The number of sulfonamides is 1. The van der Waals surface area contributed by atoms with E-state index in [0.717, 1.165) is 30.0 Å². The zero-order chi connectivity index (χ0) is 26.3. The van der Waals surface area contributed by atoms with Gasteiger partial charge in [-0.2, -0.15) is 4.31 Å². The van der Waals surface area contributed by atoms with Gasteiger partial charge in [0.2, 0.25) is 10.0 Å². The molecule has 0 spiro atoms. The summed E-state index contributed by atoms with van der Waals surface area (Å²) in [6.07, 6.45) is 3.23. The van der Waals surface area contributed by atoms with Crippen molar-refractivity contribution in [2.45, 2.75) is 31.1 Å². The Bertz CT molecular complexity index is 1330. The lowest BCUT2D eigenvalue weighted by Gasteiger charge is -2.34. The minimum atomic E-state index is -3.58. The van der Waals surface area contributed by atoms with E-state index in [4.69, 9.17) is 0 Å². The highest BCUT2D eigenvalue weighted by Crippen LogP contribution is 2.22. The Morgan fingerprint density at radius 2 is 1.57 bits per heavy atom. The topological polar surface area (TPSA) is 98.8 Å². The van der Waals surface area contributed by atoms with E-state index in [1.54, 1.807) is 12.1 Å². The molecule has 8 nitrogen and oxygen atoms in total. The van der Waals surface area contributed by atoms with Crippen molar-refractivity contribution >= 4 is 38.3 Å². The van der Waals surface area contributed by atoms with E-state index in [1.165, 1.54) is 9.87 Å². The summed E-state index contributed by atoms with van der Waals surface area (Å²) in [7, 11) is -3.58. The van der Waals surface area contributed by atoms with Gasteiger partial charge in [0.05, 0.1) is 4.90 Å². The fourth-order valence-electron chi connectivity index (χ4n) is 4.40. The van der Waals surface area contributed by atoms with Gasteiger partial charge in [-0.15, -0.1) is 0 Å². The second-order valence-corrected chi connectivity index (χ2v) is 11.2. The van der Waals surface area contributed by atoms with Crippen LogP contribution in [0.3, 0.4) is 0 Å². The van der Waals surface area contributed by atoms with Crippen molar-refractivity contribution in [2.24, 2.45) is 0 Å². The predicted octanol–water partition coefficient (Wildman–Crippen LogP) is 3.24. The molecule has 1 aliphatic rings. The van der Waals surface area contributed by atoms with E-state index in [2.05, 4.69) is 22.5 Å². The number of hydrogen-bond donors (Lipinski definition) is 2. The number of nitrogens with zero attached hydrogens (tertiary/aromatic N) is 2. The van der Waals surface area contributed by atoms with Crippen LogP contribution in [-0.2, 0) is 26.0 Å². The summed E-state index contributed by atoms with van der Waals surface area (Å²) in [4.78, 5) is 26.8. The van der Waals surface area contributed by atoms with Crippen molar-refractivity contribution in [3.8, 4) is 0 Å². The molecule has 1 heterocycles. The first kappa shape index (κ1) is 26.8. The van der Waals surface area contributed by atoms with E-state index in [0.29, 0.717) is 49.9 Å². The number of piperazine rings is 1. The summed E-state index contributed by atoms with van der Waals surface area (Å²) in [6.45, 7) is 4.84. The van der Waals surface area contributed by atoms with Crippen molar-refractivity contribution < 1.29 is 18.0 Å². The average molecular weight is 523 g/mol. The van der Waals surface area contributed by atoms with Crippen LogP contribution in [0.2, 0.25) is 0 Å². The number of aryl methyl sites for hydroxylation is 1. The van der Waals surface area contributed by atoms with Gasteiger partial charge in [0.1, 0.15) is 0 Å². The molecule has 0 radical (unpaired) electrons. The standard InChI is InChI=1S/C28H34N4O4S/c1-2-3-6-22-9-12-25(13-10-22)30-28(34)27(33)29-15-16-31-17-19-32(20-18-31)37(35,36)26-14-11-23-7-4-5-8-24(23)21-26/h4-5,7-14,21H,2-3,6,15-20H2,1H3,(H,29,33)(H,30,34). The van der Waals surface area contributed by atoms with Crippen LogP contribution in [0, 0.1) is 0 Å². The fourth-order valence-corrected chi connectivity index (χ4v) is 5.86. The molecule has 0 unspecified atom stereocenters. The number of benzene rings is 3. The third-order valence-corrected chi connectivity index (χ3v) is 8.54. The molecule has 0 saturated carbocycles. The molecule has 0 aromatic heterocycles. The summed E-state index contributed by atoms with van der Waals surface area (Å²) in [5.41, 5.74) is 1.79. The van der Waals surface area contributed by atoms with Crippen LogP contribution < -0.4 is 10.6 Å². The van der Waals surface area contributed by atoms with Gasteiger partial charge in [-0.3, -0.25) is 14.5 Å². The number of amides is 2. The SMILES string of the molecule is CCCCc1ccc(NC(=O)C(=O)NCCN2CCN(S(=O)(=O)c3ccc4ccccc4c3)CC2)cc1. The first-order valence-corrected chi connectivity index (χ1v) is 14.2. The largest absolute Gasteiger partial charge is 0.347 e. The van der Waals surface area contributed by atoms with Crippen molar-refractivity contribution in [2.75, 3.05) is 44.6 Å². The van der Waals surface area contributed by atoms with Gasteiger partial charge in [-0.25, -0.2) is 8.42 Å². The fraction of sp³-hybridized carbons (Fsp3) is 0.357. The zero-order valence-electron chi connectivity index (χ0n) is 21.2. The van der Waals surface area contributed by atoms with Crippen molar-refractivity contribution in [3.63, 3.8) is 0 Å². The Balaban J connectivity index is 1.20. The van der Waals surface area contributed by atoms with Crippen LogP contribution in [0.5, 0.6) is 0 Å². The number of fused-ring (bicyclic) bond motifs is 1. The Morgan fingerprint density at radius 3 is 2.27 bits per heavy atom. The molecule has 1 fully saturated rings. The second-order valence-electron chi connectivity index (χ2n) is 9.27. The van der Waals surface area contributed by atoms with Crippen LogP contribution in [0.25, 0.3) is 10.8 Å². The molecule has 0 atom stereocenters. The minimum Gasteiger partial charge on any atom is -0.347 e. The lowest BCUT2D eigenvalue weighted by atomic mass is 10.1. The predicted molar refractivity (Wildman–Crippen MR) is 146 cm³/mol. The molecule has 196 valence electrons. The smallest absolute Gasteiger partial charge is 0.313 e. The van der Waals surface area contributed by atoms with Gasteiger partial charge in [-0.1, -0.05) is 55.8 Å². The minimum absolute atomic E-state index is 0.300. The highest BCUT2D eigenvalue weighted by Gasteiger charge is 2.28. The van der Waals surface area contributed by atoms with E-state index in [1.807, 2.05) is 54.6 Å². The first-order valence-electron chi connectivity index (χ1n) is 12.8. The molecule has 0 aliphatic carbocycles. The van der Waals surface area contributed by atoms with E-state index in [-0.39, 0.29) is 0 Å². The Labute approximate surface area is 218 Å². The summed E-state index contributed by atoms with van der Waals surface area (Å²) in [5, 5.41) is 7.17. The number of unbranched alkanes of at least 4 members (excludes halogenated alkanes) is 1. The maximum Gasteiger partial charge on any atom is 0.313 e. The highest BCUT2D eigenvalue weighted by molar-refractivity contribution is 7.89. The number of nitrogens with one attached hydrogen (secondary N) is 2. The third-order valence-electron chi connectivity index (χ3n) is 6.64. The Kier molecular flexibility index (Phi) is 8.91. The summed E-state index contributed by atoms with van der Waals surface area (Å²) in [6, 6.07) is 20.4. The quantitative estimate of drug-likeness (QED) is 0.421. The third kappa shape index (κ3) is 6.94. The Morgan fingerprint density at radius 1 is 0.865 bits per heavy atom. The number of anilines is 1. The molecule has 0 bridgehead atoms. The molecule has 1 saturated heterocycles. The van der Waals surface area contributed by atoms with Crippen LogP contribution in [-0.4, -0.2) is 68.7 Å². The average Bonchev–Trinajstić information content (AvgIpc) is 2.92. The van der Waals surface area contributed by atoms with Crippen LogP contribution in [0.15, 0.2) is 71.6 Å². The second kappa shape index (κ2) is 12.3. The number of rotatable bonds is 9. The number of carbonyl (C=O) groups is 2. The Hall–Kier alpha value is -3.27. The molecule has 37 heavy (non-hydrogen) atoms. The molecular formula is C28H34N4O4S. The van der Waals surface area contributed by atoms with E-state index >= 15 is 0 Å². The van der Waals surface area contributed by atoms with Gasteiger partial charge in [0.15, 0.2) is 0 Å².